The van der Waals surface area contributed by atoms with Crippen LogP contribution in [0.3, 0.4) is 0 Å². The van der Waals surface area contributed by atoms with Crippen molar-refractivity contribution in [1.29, 1.82) is 0 Å². The highest BCUT2D eigenvalue weighted by Crippen LogP contribution is 2.31. The van der Waals surface area contributed by atoms with Gasteiger partial charge in [-0.3, -0.25) is 9.59 Å². The van der Waals surface area contributed by atoms with Gasteiger partial charge in [-0.1, -0.05) is 12.1 Å². The van der Waals surface area contributed by atoms with Crippen molar-refractivity contribution in [3.63, 3.8) is 0 Å². The van der Waals surface area contributed by atoms with Crippen molar-refractivity contribution in [2.45, 2.75) is 19.0 Å². The van der Waals surface area contributed by atoms with E-state index in [-0.39, 0.29) is 13.0 Å². The summed E-state index contributed by atoms with van der Waals surface area (Å²) < 4.78 is 7.80. The van der Waals surface area contributed by atoms with Crippen molar-refractivity contribution >= 4 is 39.9 Å². The average Bonchev–Trinajstić information content (AvgIpc) is 3.34. The molecule has 4 rings (SSSR count). The van der Waals surface area contributed by atoms with Crippen molar-refractivity contribution in [2.24, 2.45) is 18.5 Å². The number of nitrogens with zero attached hydrogens (tertiary/aromatic N) is 4. The van der Waals surface area contributed by atoms with E-state index in [0.717, 1.165) is 16.6 Å². The van der Waals surface area contributed by atoms with Gasteiger partial charge >= 0.3 is 0 Å². The number of nitrogens with two attached hydrogens (primary N) is 2. The fourth-order valence-electron chi connectivity index (χ4n) is 3.32. The number of aromatic nitrogens is 4. The van der Waals surface area contributed by atoms with Crippen LogP contribution in [0.1, 0.15) is 12.0 Å². The zero-order valence-electron chi connectivity index (χ0n) is 17.0. The topological polar surface area (TPSA) is 167 Å². The molecular weight excluding hydrogens is 400 g/mol. The van der Waals surface area contributed by atoms with Gasteiger partial charge in [-0.05, 0) is 17.7 Å². The Morgan fingerprint density at radius 1 is 1.26 bits per heavy atom. The number of oxazole rings is 1. The second kappa shape index (κ2) is 8.03. The first-order chi connectivity index (χ1) is 14.9. The van der Waals surface area contributed by atoms with Crippen LogP contribution in [0.2, 0.25) is 0 Å². The monoisotopic (exact) mass is 422 g/mol. The van der Waals surface area contributed by atoms with Crippen LogP contribution in [-0.2, 0) is 23.2 Å². The number of carbonyl (C=O) groups is 2. The summed E-state index contributed by atoms with van der Waals surface area (Å²) in [5.74, 6) is -0.0712. The molecule has 0 aliphatic rings. The number of rotatable bonds is 7. The van der Waals surface area contributed by atoms with Gasteiger partial charge in [-0.15, -0.1) is 0 Å². The van der Waals surface area contributed by atoms with Gasteiger partial charge in [0.1, 0.15) is 11.0 Å². The third kappa shape index (κ3) is 3.90. The van der Waals surface area contributed by atoms with Crippen LogP contribution in [0.15, 0.2) is 35.0 Å². The lowest BCUT2D eigenvalue weighted by atomic mass is 10.1. The van der Waals surface area contributed by atoms with Gasteiger partial charge < -0.3 is 31.1 Å². The summed E-state index contributed by atoms with van der Waals surface area (Å²) in [6.07, 6.45) is 1.49. The van der Waals surface area contributed by atoms with Crippen LogP contribution in [-0.4, -0.2) is 44.4 Å². The molecule has 0 bridgehead atoms. The molecule has 11 nitrogen and oxygen atoms in total. The number of nitrogens with one attached hydrogen (secondary N) is 2. The molecule has 4 aromatic rings. The highest BCUT2D eigenvalue weighted by molar-refractivity contribution is 6.03. The molecular formula is C20H22N8O3. The summed E-state index contributed by atoms with van der Waals surface area (Å²) in [5, 5.41) is 5.73. The molecule has 1 aromatic carbocycles. The molecule has 0 aliphatic carbocycles. The SMILES string of the molecule is CNc1nc2oc(-c3cccc(CNC(=O)[C@H](N)CC(N)=O)c3)nc2c2c1ncn2C. The van der Waals surface area contributed by atoms with Crippen LogP contribution >= 0.6 is 0 Å². The lowest BCUT2D eigenvalue weighted by Gasteiger charge is -2.10. The van der Waals surface area contributed by atoms with E-state index in [4.69, 9.17) is 15.9 Å². The Kier molecular flexibility index (Phi) is 5.26. The highest BCUT2D eigenvalue weighted by Gasteiger charge is 2.19. The quantitative estimate of drug-likeness (QED) is 0.336. The number of amides is 2. The van der Waals surface area contributed by atoms with E-state index in [9.17, 15) is 9.59 Å². The highest BCUT2D eigenvalue weighted by atomic mass is 16.4. The third-order valence-electron chi connectivity index (χ3n) is 4.84. The molecule has 0 radical (unpaired) electrons. The van der Waals surface area contributed by atoms with E-state index in [1.807, 2.05) is 35.9 Å². The second-order valence-corrected chi connectivity index (χ2v) is 7.13. The van der Waals surface area contributed by atoms with Gasteiger partial charge in [0.05, 0.1) is 18.8 Å². The molecule has 2 amide bonds. The van der Waals surface area contributed by atoms with Gasteiger partial charge in [0.15, 0.2) is 11.3 Å². The minimum absolute atomic E-state index is 0.209. The molecule has 31 heavy (non-hydrogen) atoms. The van der Waals surface area contributed by atoms with Gasteiger partial charge in [0.2, 0.25) is 17.7 Å². The Hall–Kier alpha value is -3.99. The normalized spacial score (nSPS) is 12.2. The Labute approximate surface area is 176 Å². The van der Waals surface area contributed by atoms with E-state index < -0.39 is 17.9 Å². The maximum Gasteiger partial charge on any atom is 0.251 e. The number of pyridine rings is 1. The molecule has 1 atom stereocenters. The maximum atomic E-state index is 12.0. The number of hydrogen-bond acceptors (Lipinski definition) is 8. The van der Waals surface area contributed by atoms with Gasteiger partial charge in [-0.25, -0.2) is 9.97 Å². The molecule has 160 valence electrons. The molecule has 0 saturated carbocycles. The largest absolute Gasteiger partial charge is 0.418 e. The Balaban J connectivity index is 1.62. The minimum atomic E-state index is -0.980. The standard InChI is InChI=1S/C20H22N8O3/c1-23-17-14-16(28(2)9-25-14)15-20(27-17)31-19(26-15)11-5-3-4-10(6-11)8-24-18(30)12(21)7-13(22)29/h3-6,9,12H,7-8,21H2,1-2H3,(H2,22,29)(H,23,27)(H,24,30)/t12-/m1/s1. The first-order valence-electron chi connectivity index (χ1n) is 9.57. The first kappa shape index (κ1) is 20.3. The molecule has 3 aromatic heterocycles. The molecule has 0 spiro atoms. The number of hydrogen-bond donors (Lipinski definition) is 4. The number of benzene rings is 1. The summed E-state index contributed by atoms with van der Waals surface area (Å²) in [6.45, 7) is 0.230. The summed E-state index contributed by atoms with van der Waals surface area (Å²) in [5.41, 5.74) is 14.8. The Bertz CT molecular complexity index is 1290. The molecule has 0 saturated heterocycles. The average molecular weight is 422 g/mol. The van der Waals surface area contributed by atoms with Crippen LogP contribution in [0.4, 0.5) is 5.82 Å². The number of aryl methyl sites for hydroxylation is 1. The van der Waals surface area contributed by atoms with Crippen molar-refractivity contribution in [2.75, 3.05) is 12.4 Å². The molecule has 0 aliphatic heterocycles. The molecule has 0 unspecified atom stereocenters. The molecule has 6 N–H and O–H groups in total. The van der Waals surface area contributed by atoms with Gasteiger partial charge in [-0.2, -0.15) is 4.98 Å². The maximum absolute atomic E-state index is 12.0. The first-order valence-corrected chi connectivity index (χ1v) is 9.57. The lowest BCUT2D eigenvalue weighted by molar-refractivity contribution is -0.126. The van der Waals surface area contributed by atoms with E-state index in [1.165, 1.54) is 0 Å². The number of anilines is 1. The van der Waals surface area contributed by atoms with E-state index >= 15 is 0 Å². The number of carbonyl (C=O) groups excluding carboxylic acids is 2. The molecule has 3 heterocycles. The zero-order valence-corrected chi connectivity index (χ0v) is 17.0. The Morgan fingerprint density at radius 2 is 2.06 bits per heavy atom. The predicted octanol–water partition coefficient (Wildman–Crippen LogP) is 0.637. The number of fused-ring (bicyclic) bond motifs is 3. The summed E-state index contributed by atoms with van der Waals surface area (Å²) >= 11 is 0. The molecule has 0 fully saturated rings. The third-order valence-corrected chi connectivity index (χ3v) is 4.84. The van der Waals surface area contributed by atoms with Crippen molar-refractivity contribution in [3.8, 4) is 11.5 Å². The smallest absolute Gasteiger partial charge is 0.251 e. The van der Waals surface area contributed by atoms with Crippen LogP contribution in [0.5, 0.6) is 0 Å². The second-order valence-electron chi connectivity index (χ2n) is 7.13. The molecule has 11 heteroatoms. The summed E-state index contributed by atoms with van der Waals surface area (Å²) in [6, 6.07) is 6.41. The van der Waals surface area contributed by atoms with Crippen molar-refractivity contribution in [3.05, 3.63) is 36.2 Å². The summed E-state index contributed by atoms with van der Waals surface area (Å²) in [4.78, 5) is 36.4. The van der Waals surface area contributed by atoms with Crippen LogP contribution < -0.4 is 22.1 Å². The van der Waals surface area contributed by atoms with E-state index in [0.29, 0.717) is 28.5 Å². The fraction of sp³-hybridized carbons (Fsp3) is 0.250. The minimum Gasteiger partial charge on any atom is -0.418 e. The van der Waals surface area contributed by atoms with E-state index in [2.05, 4.69) is 25.6 Å². The van der Waals surface area contributed by atoms with Gasteiger partial charge in [0.25, 0.3) is 5.71 Å². The Morgan fingerprint density at radius 3 is 2.81 bits per heavy atom. The number of primary amides is 1. The summed E-state index contributed by atoms with van der Waals surface area (Å²) in [7, 11) is 3.65. The van der Waals surface area contributed by atoms with Crippen molar-refractivity contribution < 1.29 is 14.0 Å². The van der Waals surface area contributed by atoms with Crippen molar-refractivity contribution in [1.82, 2.24) is 24.8 Å². The number of imidazole rings is 1. The lowest BCUT2D eigenvalue weighted by Crippen LogP contribution is -2.42. The predicted molar refractivity (Wildman–Crippen MR) is 115 cm³/mol. The fourth-order valence-corrected chi connectivity index (χ4v) is 3.32. The zero-order chi connectivity index (χ0) is 22.1. The van der Waals surface area contributed by atoms with Gasteiger partial charge in [0, 0.05) is 26.2 Å². The van der Waals surface area contributed by atoms with Crippen LogP contribution in [0, 0.1) is 0 Å². The van der Waals surface area contributed by atoms with E-state index in [1.54, 1.807) is 13.4 Å². The van der Waals surface area contributed by atoms with Crippen LogP contribution in [0.25, 0.3) is 33.7 Å².